The lowest BCUT2D eigenvalue weighted by atomic mass is 10.2. The molecule has 0 aliphatic heterocycles. The molecule has 0 spiro atoms. The maximum atomic E-state index is 12.4. The van der Waals surface area contributed by atoms with Gasteiger partial charge in [0, 0.05) is 9.72 Å². The van der Waals surface area contributed by atoms with Gasteiger partial charge in [-0.15, -0.1) is 0 Å². The molecule has 1 atom stereocenters. The number of benzene rings is 1. The van der Waals surface area contributed by atoms with Gasteiger partial charge < -0.3 is 9.05 Å². The Morgan fingerprint density at radius 2 is 1.80 bits per heavy atom. The Morgan fingerprint density at radius 1 is 1.25 bits per heavy atom. The van der Waals surface area contributed by atoms with Gasteiger partial charge in [-0.1, -0.05) is 40.2 Å². The van der Waals surface area contributed by atoms with Crippen LogP contribution in [0, 0.1) is 0 Å². The zero-order valence-corrected chi connectivity index (χ0v) is 15.2. The summed E-state index contributed by atoms with van der Waals surface area (Å²) < 4.78 is 23.9. The highest BCUT2D eigenvalue weighted by molar-refractivity contribution is 9.10. The van der Waals surface area contributed by atoms with Crippen molar-refractivity contribution in [3.05, 3.63) is 40.4 Å². The molecule has 6 heteroatoms. The van der Waals surface area contributed by atoms with E-state index in [-0.39, 0.29) is 5.25 Å². The van der Waals surface area contributed by atoms with E-state index in [1.807, 2.05) is 57.2 Å². The average molecular weight is 379 g/mol. The van der Waals surface area contributed by atoms with Crippen LogP contribution in [0.4, 0.5) is 0 Å². The third-order valence-electron chi connectivity index (χ3n) is 2.30. The minimum absolute atomic E-state index is 0.0441. The first kappa shape index (κ1) is 18.0. The third kappa shape index (κ3) is 6.59. The zero-order chi connectivity index (χ0) is 15.0. The Balaban J connectivity index is 2.63. The van der Waals surface area contributed by atoms with Crippen LogP contribution >= 0.6 is 34.1 Å². The number of hydrogen-bond donors (Lipinski definition) is 0. The molecule has 0 N–H and O–H groups in total. The summed E-state index contributed by atoms with van der Waals surface area (Å²) in [5.41, 5.74) is 1.10. The van der Waals surface area contributed by atoms with Crippen LogP contribution in [-0.4, -0.2) is 18.5 Å². The fourth-order valence-electron chi connectivity index (χ4n) is 1.47. The molecular weight excluding hydrogens is 359 g/mol. The van der Waals surface area contributed by atoms with Crippen molar-refractivity contribution >= 4 is 40.2 Å². The van der Waals surface area contributed by atoms with E-state index in [9.17, 15) is 4.57 Å². The van der Waals surface area contributed by atoms with Crippen LogP contribution in [0.3, 0.4) is 0 Å². The molecule has 112 valence electrons. The molecule has 3 nitrogen and oxygen atoms in total. The van der Waals surface area contributed by atoms with Gasteiger partial charge in [-0.05, 0) is 49.8 Å². The Labute approximate surface area is 133 Å². The molecule has 1 unspecified atom stereocenters. The second-order valence-electron chi connectivity index (χ2n) is 4.00. The van der Waals surface area contributed by atoms with E-state index in [1.54, 1.807) is 0 Å². The van der Waals surface area contributed by atoms with Gasteiger partial charge in [0.05, 0.1) is 13.2 Å². The molecule has 1 rings (SSSR count). The quantitative estimate of drug-likeness (QED) is 0.538. The standard InChI is InChI=1S/C14H20BrO3PS/c1-4-17-19(16,18-5-2)20-12(3)6-7-13-8-10-14(15)11-9-13/h6-12H,4-5H2,1-3H3/b7-6+. The summed E-state index contributed by atoms with van der Waals surface area (Å²) in [5, 5.41) is 0.0441. The highest BCUT2D eigenvalue weighted by Crippen LogP contribution is 2.62. The minimum atomic E-state index is -3.05. The van der Waals surface area contributed by atoms with Crippen molar-refractivity contribution in [3.63, 3.8) is 0 Å². The summed E-state index contributed by atoms with van der Waals surface area (Å²) in [7, 11) is 0. The van der Waals surface area contributed by atoms with Crippen LogP contribution in [0.15, 0.2) is 34.8 Å². The van der Waals surface area contributed by atoms with Crippen LogP contribution in [0.1, 0.15) is 26.3 Å². The first-order chi connectivity index (χ1) is 9.49. The molecule has 0 radical (unpaired) electrons. The van der Waals surface area contributed by atoms with Crippen LogP contribution in [-0.2, 0) is 13.6 Å². The van der Waals surface area contributed by atoms with Crippen molar-refractivity contribution in [3.8, 4) is 0 Å². The molecule has 0 aliphatic carbocycles. The molecule has 0 aromatic heterocycles. The van der Waals surface area contributed by atoms with Gasteiger partial charge in [-0.3, -0.25) is 0 Å². The van der Waals surface area contributed by atoms with E-state index in [0.29, 0.717) is 13.2 Å². The number of hydrogen-bond acceptors (Lipinski definition) is 4. The molecule has 0 saturated heterocycles. The van der Waals surface area contributed by atoms with E-state index in [1.165, 1.54) is 11.4 Å². The van der Waals surface area contributed by atoms with Crippen LogP contribution < -0.4 is 0 Å². The molecule has 1 aromatic rings. The lowest BCUT2D eigenvalue weighted by Gasteiger charge is -2.18. The fraction of sp³-hybridized carbons (Fsp3) is 0.429. The first-order valence-corrected chi connectivity index (χ1v) is 10.3. The SMILES string of the molecule is CCOP(=O)(OCC)SC(C)/C=C/c1ccc(Br)cc1. The highest BCUT2D eigenvalue weighted by Gasteiger charge is 2.26. The summed E-state index contributed by atoms with van der Waals surface area (Å²) in [6.45, 7) is 3.32. The number of halogens is 1. The van der Waals surface area contributed by atoms with Gasteiger partial charge in [0.1, 0.15) is 0 Å². The van der Waals surface area contributed by atoms with Crippen molar-refractivity contribution in [1.82, 2.24) is 0 Å². The van der Waals surface area contributed by atoms with E-state index in [0.717, 1.165) is 10.0 Å². The maximum Gasteiger partial charge on any atom is 0.389 e. The second kappa shape index (κ2) is 9.06. The topological polar surface area (TPSA) is 35.5 Å². The molecule has 0 aliphatic rings. The summed E-state index contributed by atoms with van der Waals surface area (Å²) in [6, 6.07) is 8.01. The smallest absolute Gasteiger partial charge is 0.301 e. The van der Waals surface area contributed by atoms with E-state index in [4.69, 9.17) is 9.05 Å². The van der Waals surface area contributed by atoms with Gasteiger partial charge >= 0.3 is 6.80 Å². The third-order valence-corrected chi connectivity index (χ3v) is 7.13. The van der Waals surface area contributed by atoms with E-state index < -0.39 is 6.80 Å². The van der Waals surface area contributed by atoms with Crippen molar-refractivity contribution < 1.29 is 13.6 Å². The zero-order valence-electron chi connectivity index (χ0n) is 11.9. The molecule has 0 saturated carbocycles. The Kier molecular flexibility index (Phi) is 8.15. The molecule has 20 heavy (non-hydrogen) atoms. The van der Waals surface area contributed by atoms with Crippen molar-refractivity contribution in [2.24, 2.45) is 0 Å². The van der Waals surface area contributed by atoms with Gasteiger partial charge in [0.25, 0.3) is 0 Å². The monoisotopic (exact) mass is 378 g/mol. The van der Waals surface area contributed by atoms with Gasteiger partial charge in [-0.25, -0.2) is 4.57 Å². The number of rotatable bonds is 8. The van der Waals surface area contributed by atoms with E-state index >= 15 is 0 Å². The van der Waals surface area contributed by atoms with E-state index in [2.05, 4.69) is 15.9 Å². The Morgan fingerprint density at radius 3 is 2.30 bits per heavy atom. The molecule has 1 aromatic carbocycles. The summed E-state index contributed by atoms with van der Waals surface area (Å²) in [6.07, 6.45) is 4.00. The van der Waals surface area contributed by atoms with Crippen LogP contribution in [0.25, 0.3) is 6.08 Å². The lowest BCUT2D eigenvalue weighted by molar-refractivity contribution is 0.237. The minimum Gasteiger partial charge on any atom is -0.301 e. The van der Waals surface area contributed by atoms with Gasteiger partial charge in [0.2, 0.25) is 0 Å². The summed E-state index contributed by atoms with van der Waals surface area (Å²) in [4.78, 5) is 0. The Bertz CT molecular complexity index is 466. The van der Waals surface area contributed by atoms with Crippen LogP contribution in [0.5, 0.6) is 0 Å². The average Bonchev–Trinajstić information content (AvgIpc) is 2.38. The summed E-state index contributed by atoms with van der Waals surface area (Å²) in [5.74, 6) is 0. The molecular formula is C14H20BrO3PS. The molecule has 0 bridgehead atoms. The summed E-state index contributed by atoms with van der Waals surface area (Å²) >= 11 is 4.64. The predicted octanol–water partition coefficient (Wildman–Crippen LogP) is 5.77. The maximum absolute atomic E-state index is 12.4. The largest absolute Gasteiger partial charge is 0.389 e. The predicted molar refractivity (Wildman–Crippen MR) is 91.1 cm³/mol. The second-order valence-corrected chi connectivity index (χ2v) is 9.26. The Hall–Kier alpha value is -0.0600. The highest BCUT2D eigenvalue weighted by atomic mass is 79.9. The van der Waals surface area contributed by atoms with Crippen molar-refractivity contribution in [2.75, 3.05) is 13.2 Å². The molecule has 0 heterocycles. The first-order valence-electron chi connectivity index (χ1n) is 6.50. The fourth-order valence-corrected chi connectivity index (χ4v) is 5.55. The van der Waals surface area contributed by atoms with Crippen molar-refractivity contribution in [1.29, 1.82) is 0 Å². The molecule has 0 fully saturated rings. The van der Waals surface area contributed by atoms with Gasteiger partial charge in [0.15, 0.2) is 0 Å². The van der Waals surface area contributed by atoms with Crippen LogP contribution in [0.2, 0.25) is 0 Å². The lowest BCUT2D eigenvalue weighted by Crippen LogP contribution is -1.97. The molecule has 0 amide bonds. The van der Waals surface area contributed by atoms with Gasteiger partial charge in [-0.2, -0.15) is 0 Å². The normalized spacial score (nSPS) is 13.8. The van der Waals surface area contributed by atoms with Crippen molar-refractivity contribution in [2.45, 2.75) is 26.0 Å².